The van der Waals surface area contributed by atoms with Crippen LogP contribution >= 0.6 is 0 Å². The van der Waals surface area contributed by atoms with Crippen LogP contribution in [-0.4, -0.2) is 75.1 Å². The van der Waals surface area contributed by atoms with Gasteiger partial charge >= 0.3 is 0 Å². The van der Waals surface area contributed by atoms with E-state index in [4.69, 9.17) is 24.4 Å². The van der Waals surface area contributed by atoms with E-state index in [0.717, 1.165) is 62.1 Å². The summed E-state index contributed by atoms with van der Waals surface area (Å²) >= 11 is 0. The molecule has 1 aromatic carbocycles. The summed E-state index contributed by atoms with van der Waals surface area (Å²) in [5.74, 6) is 2.09. The Morgan fingerprint density at radius 1 is 0.793 bits per heavy atom. The van der Waals surface area contributed by atoms with Crippen molar-refractivity contribution in [2.24, 2.45) is 0 Å². The van der Waals surface area contributed by atoms with E-state index in [0.29, 0.717) is 18.0 Å². The lowest BCUT2D eigenvalue weighted by Gasteiger charge is -2.30. The van der Waals surface area contributed by atoms with Crippen molar-refractivity contribution in [2.45, 2.75) is 37.1 Å². The maximum absolute atomic E-state index is 5.78. The second kappa shape index (κ2) is 5.87. The first-order valence-corrected chi connectivity index (χ1v) is 10.3. The predicted molar refractivity (Wildman–Crippen MR) is 105 cm³/mol. The molecule has 0 saturated carbocycles. The average molecular weight is 391 g/mol. The number of hydrogen-bond donors (Lipinski definition) is 0. The van der Waals surface area contributed by atoms with Gasteiger partial charge in [0.25, 0.3) is 0 Å². The number of para-hydroxylation sites is 2. The number of ether oxygens (including phenoxy) is 2. The summed E-state index contributed by atoms with van der Waals surface area (Å²) in [5, 5.41) is 0. The molecule has 148 valence electrons. The molecule has 3 aromatic rings. The highest BCUT2D eigenvalue weighted by Crippen LogP contribution is 2.34. The fourth-order valence-electron chi connectivity index (χ4n) is 5.12. The quantitative estimate of drug-likeness (QED) is 0.658. The van der Waals surface area contributed by atoms with E-state index in [2.05, 4.69) is 14.8 Å². The molecule has 0 aliphatic carbocycles. The van der Waals surface area contributed by atoms with Crippen molar-refractivity contribution in [3.63, 3.8) is 0 Å². The number of imidazole rings is 1. The third-order valence-electron chi connectivity index (χ3n) is 6.58. The fraction of sp³-hybridized carbons (Fsp3) is 0.500. The molecule has 9 nitrogen and oxygen atoms in total. The van der Waals surface area contributed by atoms with Crippen molar-refractivity contribution in [3.8, 4) is 5.95 Å². The summed E-state index contributed by atoms with van der Waals surface area (Å²) in [6, 6.07) is 8.75. The van der Waals surface area contributed by atoms with E-state index in [1.165, 1.54) is 0 Å². The number of hydrogen-bond acceptors (Lipinski definition) is 8. The van der Waals surface area contributed by atoms with Gasteiger partial charge in [0.1, 0.15) is 6.33 Å². The topological polar surface area (TPSA) is 81.4 Å². The van der Waals surface area contributed by atoms with Gasteiger partial charge in [0.05, 0.1) is 48.5 Å². The molecular formula is C20H21N7O2. The Morgan fingerprint density at radius 2 is 1.41 bits per heavy atom. The molecule has 4 atom stereocenters. The SMILES string of the molecule is c1ccc2c(c1)ncn2-c1nc(N2CC3CC2CO3)nc(N2CC3CC2CO3)n1. The molecule has 0 amide bonds. The Kier molecular flexibility index (Phi) is 3.25. The Balaban J connectivity index is 1.36. The number of fused-ring (bicyclic) bond motifs is 5. The highest BCUT2D eigenvalue weighted by molar-refractivity contribution is 5.76. The van der Waals surface area contributed by atoms with Crippen molar-refractivity contribution in [2.75, 3.05) is 36.1 Å². The number of benzene rings is 1. The van der Waals surface area contributed by atoms with Gasteiger partial charge < -0.3 is 19.3 Å². The summed E-state index contributed by atoms with van der Waals surface area (Å²) in [6.45, 7) is 3.18. The first-order valence-electron chi connectivity index (χ1n) is 10.3. The van der Waals surface area contributed by atoms with Crippen LogP contribution in [0.3, 0.4) is 0 Å². The Labute approximate surface area is 167 Å². The average Bonchev–Trinajstić information content (AvgIpc) is 3.58. The molecule has 0 radical (unpaired) electrons. The minimum absolute atomic E-state index is 0.286. The van der Waals surface area contributed by atoms with Crippen LogP contribution in [0.4, 0.5) is 11.9 Å². The van der Waals surface area contributed by atoms with Crippen molar-refractivity contribution >= 4 is 22.9 Å². The van der Waals surface area contributed by atoms with Gasteiger partial charge in [-0.3, -0.25) is 4.57 Å². The van der Waals surface area contributed by atoms with Crippen molar-refractivity contribution < 1.29 is 9.47 Å². The summed E-state index contributed by atoms with van der Waals surface area (Å²) in [5.41, 5.74) is 1.92. The van der Waals surface area contributed by atoms with Gasteiger partial charge in [0, 0.05) is 13.1 Å². The van der Waals surface area contributed by atoms with E-state index in [1.54, 1.807) is 6.33 Å². The Hall–Kier alpha value is -2.78. The van der Waals surface area contributed by atoms with E-state index < -0.39 is 0 Å². The lowest BCUT2D eigenvalue weighted by molar-refractivity contribution is 0.0980. The third-order valence-corrected chi connectivity index (χ3v) is 6.58. The standard InChI is InChI=1S/C20H21N7O2/c1-2-4-17-16(3-1)21-11-27(17)20-23-18(25-7-14-5-12(25)9-28-14)22-19(24-20)26-8-15-6-13(26)10-29-15/h1-4,11-15H,5-10H2. The monoisotopic (exact) mass is 391 g/mol. The molecule has 0 N–H and O–H groups in total. The zero-order valence-corrected chi connectivity index (χ0v) is 15.9. The number of morpholine rings is 2. The van der Waals surface area contributed by atoms with Crippen LogP contribution in [0.1, 0.15) is 12.8 Å². The summed E-state index contributed by atoms with van der Waals surface area (Å²) in [7, 11) is 0. The first-order chi connectivity index (χ1) is 14.3. The second-order valence-corrected chi connectivity index (χ2v) is 8.33. The largest absolute Gasteiger partial charge is 0.374 e. The summed E-state index contributed by atoms with van der Waals surface area (Å²) in [4.78, 5) is 23.7. The number of aromatic nitrogens is 5. The number of rotatable bonds is 3. The van der Waals surface area contributed by atoms with E-state index in [9.17, 15) is 0 Å². The smallest absolute Gasteiger partial charge is 0.242 e. The number of anilines is 2. The molecule has 4 aliphatic rings. The van der Waals surface area contributed by atoms with Crippen molar-refractivity contribution in [1.82, 2.24) is 24.5 Å². The molecule has 4 saturated heterocycles. The van der Waals surface area contributed by atoms with E-state index in [1.807, 2.05) is 28.8 Å². The summed E-state index contributed by atoms with van der Waals surface area (Å²) in [6.07, 6.45) is 4.47. The molecular weight excluding hydrogens is 370 g/mol. The van der Waals surface area contributed by atoms with Crippen molar-refractivity contribution in [1.29, 1.82) is 0 Å². The Bertz CT molecular complexity index is 1060. The Morgan fingerprint density at radius 3 is 2.00 bits per heavy atom. The van der Waals surface area contributed by atoms with Crippen LogP contribution in [-0.2, 0) is 9.47 Å². The second-order valence-electron chi connectivity index (χ2n) is 8.33. The molecule has 29 heavy (non-hydrogen) atoms. The molecule has 2 aromatic heterocycles. The molecule has 0 spiro atoms. The molecule has 4 unspecified atom stereocenters. The van der Waals surface area contributed by atoms with Gasteiger partial charge in [-0.05, 0) is 25.0 Å². The number of nitrogens with zero attached hydrogens (tertiary/aromatic N) is 7. The van der Waals surface area contributed by atoms with Gasteiger partial charge in [0.2, 0.25) is 17.8 Å². The minimum atomic E-state index is 0.286. The maximum Gasteiger partial charge on any atom is 0.242 e. The molecule has 4 aliphatic heterocycles. The van der Waals surface area contributed by atoms with Crippen LogP contribution < -0.4 is 9.80 Å². The van der Waals surface area contributed by atoms with Gasteiger partial charge in [-0.25, -0.2) is 4.98 Å². The molecule has 4 bridgehead atoms. The lowest BCUT2D eigenvalue weighted by Crippen LogP contribution is -2.41. The summed E-state index contributed by atoms with van der Waals surface area (Å²) < 4.78 is 13.5. The van der Waals surface area contributed by atoms with Gasteiger partial charge in [-0.1, -0.05) is 12.1 Å². The van der Waals surface area contributed by atoms with Crippen LogP contribution in [0.15, 0.2) is 30.6 Å². The third kappa shape index (κ3) is 2.40. The van der Waals surface area contributed by atoms with Gasteiger partial charge in [0.15, 0.2) is 0 Å². The highest BCUT2D eigenvalue weighted by atomic mass is 16.5. The van der Waals surface area contributed by atoms with Crippen molar-refractivity contribution in [3.05, 3.63) is 30.6 Å². The van der Waals surface area contributed by atoms with E-state index in [-0.39, 0.29) is 12.2 Å². The molecule has 9 heteroatoms. The lowest BCUT2D eigenvalue weighted by atomic mass is 10.2. The maximum atomic E-state index is 5.78. The van der Waals surface area contributed by atoms with Crippen LogP contribution in [0.2, 0.25) is 0 Å². The fourth-order valence-corrected chi connectivity index (χ4v) is 5.12. The molecule has 6 heterocycles. The van der Waals surface area contributed by atoms with Gasteiger partial charge in [-0.15, -0.1) is 0 Å². The van der Waals surface area contributed by atoms with Crippen LogP contribution in [0.5, 0.6) is 0 Å². The molecule has 7 rings (SSSR count). The van der Waals surface area contributed by atoms with Gasteiger partial charge in [-0.2, -0.15) is 15.0 Å². The van der Waals surface area contributed by atoms with Crippen LogP contribution in [0.25, 0.3) is 17.0 Å². The van der Waals surface area contributed by atoms with E-state index >= 15 is 0 Å². The normalized spacial score (nSPS) is 30.2. The minimum Gasteiger partial charge on any atom is -0.374 e. The zero-order chi connectivity index (χ0) is 18.9. The highest BCUT2D eigenvalue weighted by Gasteiger charge is 2.43. The first kappa shape index (κ1) is 16.1. The zero-order valence-electron chi connectivity index (χ0n) is 15.9. The van der Waals surface area contributed by atoms with Crippen LogP contribution in [0, 0.1) is 0 Å². The predicted octanol–water partition coefficient (Wildman–Crippen LogP) is 1.17. The molecule has 4 fully saturated rings.